The third kappa shape index (κ3) is 5.49. The van der Waals surface area contributed by atoms with E-state index in [0.717, 1.165) is 25.7 Å². The van der Waals surface area contributed by atoms with Gasteiger partial charge in [-0.15, -0.1) is 0 Å². The number of nitrogens with zero attached hydrogens (tertiary/aromatic N) is 1. The zero-order valence-corrected chi connectivity index (χ0v) is 13.3. The highest BCUT2D eigenvalue weighted by Crippen LogP contribution is 2.21. The summed E-state index contributed by atoms with van der Waals surface area (Å²) in [5.74, 6) is -0.599. The zero-order chi connectivity index (χ0) is 15.8. The van der Waals surface area contributed by atoms with Gasteiger partial charge in [-0.3, -0.25) is 4.79 Å². The molecule has 0 heterocycles. The van der Waals surface area contributed by atoms with Crippen LogP contribution >= 0.6 is 0 Å². The highest BCUT2D eigenvalue weighted by molar-refractivity contribution is 5.86. The van der Waals surface area contributed by atoms with Crippen LogP contribution in [0.1, 0.15) is 59.8 Å². The number of amides is 1. The van der Waals surface area contributed by atoms with E-state index in [2.05, 4.69) is 6.92 Å². The van der Waals surface area contributed by atoms with Crippen molar-refractivity contribution in [3.8, 4) is 0 Å². The second kappa shape index (κ2) is 8.95. The molecule has 0 fully saturated rings. The number of hydrogen-bond acceptors (Lipinski definition) is 3. The maximum atomic E-state index is 12.3. The summed E-state index contributed by atoms with van der Waals surface area (Å²) >= 11 is 0. The Kier molecular flexibility index (Phi) is 8.46. The lowest BCUT2D eigenvalue weighted by Crippen LogP contribution is -2.52. The number of carbonyl (C=O) groups excluding carboxylic acids is 1. The van der Waals surface area contributed by atoms with Crippen molar-refractivity contribution in [2.24, 2.45) is 11.7 Å². The molecule has 0 saturated heterocycles. The summed E-state index contributed by atoms with van der Waals surface area (Å²) in [5, 5.41) is 9.23. The summed E-state index contributed by atoms with van der Waals surface area (Å²) < 4.78 is 0. The average Bonchev–Trinajstić information content (AvgIpc) is 2.36. The van der Waals surface area contributed by atoms with Crippen molar-refractivity contribution >= 4 is 11.9 Å². The Morgan fingerprint density at radius 3 is 2.20 bits per heavy atom. The van der Waals surface area contributed by atoms with Gasteiger partial charge >= 0.3 is 5.97 Å². The topological polar surface area (TPSA) is 83.6 Å². The van der Waals surface area contributed by atoms with E-state index in [9.17, 15) is 14.7 Å². The first-order valence-electron chi connectivity index (χ1n) is 7.55. The lowest BCUT2D eigenvalue weighted by Gasteiger charge is -2.34. The summed E-state index contributed by atoms with van der Waals surface area (Å²) in [6.07, 6.45) is 4.26. The van der Waals surface area contributed by atoms with E-state index >= 15 is 0 Å². The van der Waals surface area contributed by atoms with Crippen LogP contribution in [0.5, 0.6) is 0 Å². The number of carboxylic acid groups (broad SMARTS) is 1. The molecule has 1 atom stereocenters. The number of nitrogens with two attached hydrogens (primary N) is 1. The van der Waals surface area contributed by atoms with Crippen molar-refractivity contribution in [2.75, 3.05) is 13.1 Å². The van der Waals surface area contributed by atoms with Crippen molar-refractivity contribution in [3.63, 3.8) is 0 Å². The van der Waals surface area contributed by atoms with E-state index in [4.69, 9.17) is 5.73 Å². The molecular weight excluding hydrogens is 256 g/mol. The molecule has 20 heavy (non-hydrogen) atoms. The van der Waals surface area contributed by atoms with Crippen LogP contribution in [-0.4, -0.2) is 40.5 Å². The summed E-state index contributed by atoms with van der Waals surface area (Å²) in [4.78, 5) is 25.0. The molecule has 0 aliphatic rings. The van der Waals surface area contributed by atoms with E-state index in [-0.39, 0.29) is 5.91 Å². The van der Waals surface area contributed by atoms with Crippen LogP contribution in [0.15, 0.2) is 0 Å². The maximum absolute atomic E-state index is 12.3. The van der Waals surface area contributed by atoms with Crippen LogP contribution in [0.2, 0.25) is 0 Å². The van der Waals surface area contributed by atoms with Gasteiger partial charge in [-0.1, -0.05) is 19.8 Å². The molecule has 0 saturated carbocycles. The van der Waals surface area contributed by atoms with Gasteiger partial charge in [0.25, 0.3) is 0 Å². The normalized spacial score (nSPS) is 13.1. The quantitative estimate of drug-likeness (QED) is 0.645. The van der Waals surface area contributed by atoms with E-state index in [1.807, 2.05) is 6.92 Å². The predicted octanol–water partition coefficient (Wildman–Crippen LogP) is 2.24. The van der Waals surface area contributed by atoms with Crippen LogP contribution in [-0.2, 0) is 9.59 Å². The number of carboxylic acids is 1. The average molecular weight is 286 g/mol. The summed E-state index contributed by atoms with van der Waals surface area (Å²) in [7, 11) is 0. The van der Waals surface area contributed by atoms with Gasteiger partial charge in [0, 0.05) is 13.0 Å². The van der Waals surface area contributed by atoms with Gasteiger partial charge in [0.2, 0.25) is 5.91 Å². The fraction of sp³-hybridized carbons (Fsp3) is 0.867. The molecule has 5 nitrogen and oxygen atoms in total. The minimum Gasteiger partial charge on any atom is -0.480 e. The Morgan fingerprint density at radius 2 is 1.80 bits per heavy atom. The van der Waals surface area contributed by atoms with Gasteiger partial charge < -0.3 is 15.7 Å². The lowest BCUT2D eigenvalue weighted by molar-refractivity contribution is -0.156. The Bertz CT molecular complexity index is 310. The molecule has 5 heteroatoms. The van der Waals surface area contributed by atoms with Crippen molar-refractivity contribution in [3.05, 3.63) is 0 Å². The van der Waals surface area contributed by atoms with Crippen molar-refractivity contribution < 1.29 is 14.7 Å². The summed E-state index contributed by atoms with van der Waals surface area (Å²) in [6.45, 7) is 8.12. The molecule has 1 amide bonds. The van der Waals surface area contributed by atoms with E-state index in [1.54, 1.807) is 13.8 Å². The molecular formula is C15H30N2O3. The number of carbonyl (C=O) groups is 2. The minimum absolute atomic E-state index is 0.0852. The van der Waals surface area contributed by atoms with Crippen molar-refractivity contribution in [1.29, 1.82) is 0 Å². The molecule has 1 unspecified atom stereocenters. The fourth-order valence-electron chi connectivity index (χ4n) is 2.54. The van der Waals surface area contributed by atoms with Crippen LogP contribution in [0, 0.1) is 5.92 Å². The van der Waals surface area contributed by atoms with Crippen molar-refractivity contribution in [2.45, 2.75) is 65.3 Å². The van der Waals surface area contributed by atoms with Crippen LogP contribution in [0.4, 0.5) is 0 Å². The van der Waals surface area contributed by atoms with Gasteiger partial charge in [0.15, 0.2) is 0 Å². The summed E-state index contributed by atoms with van der Waals surface area (Å²) in [6, 6.07) is 0. The van der Waals surface area contributed by atoms with Gasteiger partial charge in [-0.25, -0.2) is 4.79 Å². The number of rotatable bonds is 10. The Balaban J connectivity index is 4.60. The van der Waals surface area contributed by atoms with Crippen LogP contribution < -0.4 is 5.73 Å². The standard InChI is InChI=1S/C15H30N2O3/c1-5-7-12(10-11-16)8-9-13(18)17(6-2)15(3,4)14(19)20/h12H,5-11,16H2,1-4H3,(H,19,20). The molecule has 0 rings (SSSR count). The molecule has 0 aliphatic carbocycles. The van der Waals surface area contributed by atoms with Crippen LogP contribution in [0.3, 0.4) is 0 Å². The molecule has 0 aliphatic heterocycles. The molecule has 0 bridgehead atoms. The first-order valence-corrected chi connectivity index (χ1v) is 7.55. The van der Waals surface area contributed by atoms with E-state index < -0.39 is 11.5 Å². The number of likely N-dealkylation sites (N-methyl/N-ethyl adjacent to an activating group) is 1. The third-order valence-electron chi connectivity index (χ3n) is 3.85. The predicted molar refractivity (Wildman–Crippen MR) is 80.4 cm³/mol. The molecule has 3 N–H and O–H groups in total. The highest BCUT2D eigenvalue weighted by Gasteiger charge is 2.36. The minimum atomic E-state index is -1.15. The SMILES string of the molecule is CCCC(CCN)CCC(=O)N(CC)C(C)(C)C(=O)O. The second-order valence-corrected chi connectivity index (χ2v) is 5.77. The third-order valence-corrected chi connectivity index (χ3v) is 3.85. The number of aliphatic carboxylic acids is 1. The molecule has 0 aromatic carbocycles. The van der Waals surface area contributed by atoms with Crippen LogP contribution in [0.25, 0.3) is 0 Å². The highest BCUT2D eigenvalue weighted by atomic mass is 16.4. The molecule has 118 valence electrons. The first kappa shape index (κ1) is 18.9. The fourth-order valence-corrected chi connectivity index (χ4v) is 2.54. The largest absolute Gasteiger partial charge is 0.480 e. The first-order chi connectivity index (χ1) is 9.31. The molecule has 0 aromatic rings. The van der Waals surface area contributed by atoms with E-state index in [0.29, 0.717) is 25.4 Å². The smallest absolute Gasteiger partial charge is 0.329 e. The monoisotopic (exact) mass is 286 g/mol. The lowest BCUT2D eigenvalue weighted by atomic mass is 9.93. The molecule has 0 spiro atoms. The molecule has 0 aromatic heterocycles. The van der Waals surface area contributed by atoms with Gasteiger partial charge in [0.1, 0.15) is 5.54 Å². The maximum Gasteiger partial charge on any atom is 0.329 e. The Labute approximate surface area is 122 Å². The Morgan fingerprint density at radius 1 is 1.20 bits per heavy atom. The van der Waals surface area contributed by atoms with Gasteiger partial charge in [0.05, 0.1) is 0 Å². The van der Waals surface area contributed by atoms with Gasteiger partial charge in [-0.2, -0.15) is 0 Å². The van der Waals surface area contributed by atoms with Crippen molar-refractivity contribution in [1.82, 2.24) is 4.90 Å². The molecule has 0 radical (unpaired) electrons. The van der Waals surface area contributed by atoms with Gasteiger partial charge in [-0.05, 0) is 46.1 Å². The van der Waals surface area contributed by atoms with E-state index in [1.165, 1.54) is 4.90 Å². The zero-order valence-electron chi connectivity index (χ0n) is 13.3. The number of hydrogen-bond donors (Lipinski definition) is 2. The Hall–Kier alpha value is -1.10. The second-order valence-electron chi connectivity index (χ2n) is 5.77. The summed E-state index contributed by atoms with van der Waals surface area (Å²) in [5.41, 5.74) is 4.44.